The molecule has 2 heterocycles. The van der Waals surface area contributed by atoms with Gasteiger partial charge in [-0.1, -0.05) is 36.0 Å². The van der Waals surface area contributed by atoms with Gasteiger partial charge in [-0.2, -0.15) is 0 Å². The van der Waals surface area contributed by atoms with Gasteiger partial charge in [0, 0.05) is 17.9 Å². The highest BCUT2D eigenvalue weighted by molar-refractivity contribution is 8.00. The Morgan fingerprint density at radius 3 is 2.29 bits per heavy atom. The van der Waals surface area contributed by atoms with E-state index in [1.54, 1.807) is 48.5 Å². The maximum Gasteiger partial charge on any atom is 0.269 e. The van der Waals surface area contributed by atoms with Crippen LogP contribution in [0.4, 0.5) is 11.4 Å². The number of nitrogens with zero attached hydrogens (tertiary/aromatic N) is 3. The van der Waals surface area contributed by atoms with Crippen molar-refractivity contribution in [2.24, 2.45) is 0 Å². The molecule has 4 aromatic rings. The summed E-state index contributed by atoms with van der Waals surface area (Å²) in [4.78, 5) is 41.6. The average molecular weight is 447 g/mol. The van der Waals surface area contributed by atoms with Crippen LogP contribution in [0.15, 0.2) is 71.1 Å². The molecule has 0 aliphatic carbocycles. The fourth-order valence-corrected chi connectivity index (χ4v) is 5.43. The molecule has 0 radical (unpaired) electrons. The number of nitro groups is 1. The van der Waals surface area contributed by atoms with Crippen LogP contribution in [0.25, 0.3) is 10.2 Å². The fraction of sp³-hybridized carbons (Fsp3) is 0.0455. The lowest BCUT2D eigenvalue weighted by Gasteiger charge is -2.13. The van der Waals surface area contributed by atoms with Crippen molar-refractivity contribution in [3.8, 4) is 0 Å². The van der Waals surface area contributed by atoms with Crippen LogP contribution in [0.5, 0.6) is 0 Å². The molecule has 152 valence electrons. The maximum atomic E-state index is 12.7. The van der Waals surface area contributed by atoms with Crippen LogP contribution < -0.4 is 4.90 Å². The zero-order valence-corrected chi connectivity index (χ0v) is 17.5. The maximum absolute atomic E-state index is 12.7. The fourth-order valence-electron chi connectivity index (χ4n) is 3.38. The van der Waals surface area contributed by atoms with Crippen molar-refractivity contribution in [2.45, 2.75) is 10.1 Å². The lowest BCUT2D eigenvalue weighted by molar-refractivity contribution is -0.384. The van der Waals surface area contributed by atoms with Gasteiger partial charge in [-0.25, -0.2) is 9.88 Å². The SMILES string of the molecule is O=C1c2ccccc2C(=O)N1c1ccc2nc(SCc3ccc([N+](=O)[O-])cc3)sc2c1. The Bertz CT molecular complexity index is 1330. The van der Waals surface area contributed by atoms with Gasteiger partial charge in [-0.05, 0) is 35.9 Å². The summed E-state index contributed by atoms with van der Waals surface area (Å²) in [5.41, 5.74) is 3.16. The molecule has 0 fully saturated rings. The number of hydrogen-bond donors (Lipinski definition) is 0. The van der Waals surface area contributed by atoms with E-state index in [9.17, 15) is 19.7 Å². The standard InChI is InChI=1S/C22H13N3O4S2/c26-20-16-3-1-2-4-17(16)21(27)24(20)15-9-10-18-19(11-15)31-22(23-18)30-12-13-5-7-14(8-6-13)25(28)29/h1-11H,12H2. The Morgan fingerprint density at radius 2 is 1.65 bits per heavy atom. The van der Waals surface area contributed by atoms with Gasteiger partial charge in [-0.3, -0.25) is 19.7 Å². The number of rotatable bonds is 5. The summed E-state index contributed by atoms with van der Waals surface area (Å²) in [6.07, 6.45) is 0. The number of nitro benzene ring substituents is 1. The van der Waals surface area contributed by atoms with E-state index in [2.05, 4.69) is 4.98 Å². The third-order valence-electron chi connectivity index (χ3n) is 4.91. The molecule has 0 atom stereocenters. The van der Waals surface area contributed by atoms with Gasteiger partial charge in [0.1, 0.15) is 0 Å². The predicted molar refractivity (Wildman–Crippen MR) is 120 cm³/mol. The highest BCUT2D eigenvalue weighted by Gasteiger charge is 2.36. The van der Waals surface area contributed by atoms with Crippen molar-refractivity contribution >= 4 is 56.5 Å². The molecule has 0 saturated carbocycles. The Labute approximate surface area is 184 Å². The minimum absolute atomic E-state index is 0.0643. The van der Waals surface area contributed by atoms with E-state index in [1.165, 1.54) is 40.1 Å². The largest absolute Gasteiger partial charge is 0.269 e. The number of amides is 2. The zero-order valence-electron chi connectivity index (χ0n) is 15.8. The zero-order chi connectivity index (χ0) is 21.5. The third kappa shape index (κ3) is 3.47. The van der Waals surface area contributed by atoms with E-state index in [1.807, 2.05) is 6.07 Å². The first-order valence-electron chi connectivity index (χ1n) is 9.26. The summed E-state index contributed by atoms with van der Waals surface area (Å²) in [5, 5.41) is 10.8. The van der Waals surface area contributed by atoms with Crippen molar-refractivity contribution in [1.82, 2.24) is 4.98 Å². The number of thioether (sulfide) groups is 1. The van der Waals surface area contributed by atoms with E-state index < -0.39 is 4.92 Å². The molecule has 3 aromatic carbocycles. The van der Waals surface area contributed by atoms with Gasteiger partial charge < -0.3 is 0 Å². The first kappa shape index (κ1) is 19.4. The number of benzene rings is 3. The number of non-ortho nitro benzene ring substituents is 1. The van der Waals surface area contributed by atoms with Gasteiger partial charge in [0.15, 0.2) is 4.34 Å². The van der Waals surface area contributed by atoms with Gasteiger partial charge in [-0.15, -0.1) is 11.3 Å². The molecule has 1 aliphatic rings. The molecule has 0 saturated heterocycles. The van der Waals surface area contributed by atoms with Crippen molar-refractivity contribution in [2.75, 3.05) is 4.90 Å². The molecule has 2 amide bonds. The predicted octanol–water partition coefficient (Wildman–Crippen LogP) is 5.30. The Kier molecular flexibility index (Phi) is 4.76. The highest BCUT2D eigenvalue weighted by atomic mass is 32.2. The van der Waals surface area contributed by atoms with Crippen molar-refractivity contribution in [1.29, 1.82) is 0 Å². The summed E-state index contributed by atoms with van der Waals surface area (Å²) >= 11 is 3.01. The molecule has 1 aliphatic heterocycles. The quantitative estimate of drug-likeness (QED) is 0.178. The molecule has 0 unspecified atom stereocenters. The minimum Gasteiger partial charge on any atom is -0.268 e. The van der Waals surface area contributed by atoms with E-state index >= 15 is 0 Å². The molecule has 0 bridgehead atoms. The number of carbonyl (C=O) groups excluding carboxylic acids is 2. The number of carbonyl (C=O) groups is 2. The van der Waals surface area contributed by atoms with Crippen molar-refractivity contribution < 1.29 is 14.5 Å². The van der Waals surface area contributed by atoms with E-state index in [4.69, 9.17) is 0 Å². The monoisotopic (exact) mass is 447 g/mol. The first-order chi connectivity index (χ1) is 15.0. The van der Waals surface area contributed by atoms with Crippen molar-refractivity contribution in [3.63, 3.8) is 0 Å². The first-order valence-corrected chi connectivity index (χ1v) is 11.1. The van der Waals surface area contributed by atoms with Crippen LogP contribution in [0.2, 0.25) is 0 Å². The molecular formula is C22H13N3O4S2. The molecule has 0 spiro atoms. The molecule has 7 nitrogen and oxygen atoms in total. The Hall–Kier alpha value is -3.56. The third-order valence-corrected chi connectivity index (χ3v) is 7.15. The molecule has 0 N–H and O–H groups in total. The smallest absolute Gasteiger partial charge is 0.268 e. The number of anilines is 1. The molecule has 1 aromatic heterocycles. The lowest BCUT2D eigenvalue weighted by atomic mass is 10.1. The van der Waals surface area contributed by atoms with Gasteiger partial charge in [0.25, 0.3) is 17.5 Å². The number of thiazole rings is 1. The van der Waals surface area contributed by atoms with Gasteiger partial charge in [0.2, 0.25) is 0 Å². The number of hydrogen-bond acceptors (Lipinski definition) is 7. The summed E-state index contributed by atoms with van der Waals surface area (Å²) in [5.74, 6) is -0.0160. The van der Waals surface area contributed by atoms with E-state index in [-0.39, 0.29) is 17.5 Å². The summed E-state index contributed by atoms with van der Waals surface area (Å²) in [7, 11) is 0. The Morgan fingerprint density at radius 1 is 0.968 bits per heavy atom. The van der Waals surface area contributed by atoms with Crippen molar-refractivity contribution in [3.05, 3.63) is 93.5 Å². The molecule has 5 rings (SSSR count). The number of fused-ring (bicyclic) bond motifs is 2. The van der Waals surface area contributed by atoms with E-state index in [0.29, 0.717) is 22.6 Å². The van der Waals surface area contributed by atoms with Crippen LogP contribution in [0, 0.1) is 10.1 Å². The molecular weight excluding hydrogens is 434 g/mol. The summed E-state index contributed by atoms with van der Waals surface area (Å²) < 4.78 is 1.72. The second-order valence-corrected chi connectivity index (χ2v) is 9.09. The summed E-state index contributed by atoms with van der Waals surface area (Å²) in [6, 6.07) is 18.6. The van der Waals surface area contributed by atoms with Crippen LogP contribution >= 0.6 is 23.1 Å². The van der Waals surface area contributed by atoms with Gasteiger partial charge in [0.05, 0.1) is 32.0 Å². The number of aromatic nitrogens is 1. The highest BCUT2D eigenvalue weighted by Crippen LogP contribution is 2.35. The van der Waals surface area contributed by atoms with Crippen LogP contribution in [-0.4, -0.2) is 21.7 Å². The number of imide groups is 1. The van der Waals surface area contributed by atoms with Gasteiger partial charge >= 0.3 is 0 Å². The van der Waals surface area contributed by atoms with E-state index in [0.717, 1.165) is 20.1 Å². The van der Waals surface area contributed by atoms with Crippen LogP contribution in [-0.2, 0) is 5.75 Å². The lowest BCUT2D eigenvalue weighted by Crippen LogP contribution is -2.29. The minimum atomic E-state index is -0.420. The Balaban J connectivity index is 1.36. The molecule has 9 heteroatoms. The molecule has 31 heavy (non-hydrogen) atoms. The average Bonchev–Trinajstić information content (AvgIpc) is 3.30. The topological polar surface area (TPSA) is 93.4 Å². The summed E-state index contributed by atoms with van der Waals surface area (Å²) in [6.45, 7) is 0. The second kappa shape index (κ2) is 7.60. The van der Waals surface area contributed by atoms with Crippen LogP contribution in [0.1, 0.15) is 26.3 Å². The van der Waals surface area contributed by atoms with Crippen LogP contribution in [0.3, 0.4) is 0 Å². The normalized spacial score (nSPS) is 13.1. The second-order valence-electron chi connectivity index (χ2n) is 6.84.